The van der Waals surface area contributed by atoms with Crippen LogP contribution >= 0.6 is 0 Å². The SMILES string of the molecule is CCC(N)C(c1cccc(C)c1)N(CCOC)CC(C)C. The first-order valence-electron chi connectivity index (χ1n) is 8.04. The summed E-state index contributed by atoms with van der Waals surface area (Å²) in [5, 5.41) is 0. The molecule has 0 spiro atoms. The van der Waals surface area contributed by atoms with Gasteiger partial charge in [0.05, 0.1) is 6.61 Å². The van der Waals surface area contributed by atoms with Gasteiger partial charge in [0.1, 0.15) is 0 Å². The fourth-order valence-corrected chi connectivity index (χ4v) is 2.83. The maximum absolute atomic E-state index is 6.47. The van der Waals surface area contributed by atoms with E-state index in [9.17, 15) is 0 Å². The Kier molecular flexibility index (Phi) is 7.94. The Labute approximate surface area is 130 Å². The van der Waals surface area contributed by atoms with Crippen molar-refractivity contribution in [1.29, 1.82) is 0 Å². The van der Waals surface area contributed by atoms with Gasteiger partial charge in [-0.2, -0.15) is 0 Å². The highest BCUT2D eigenvalue weighted by Crippen LogP contribution is 2.26. The molecular weight excluding hydrogens is 260 g/mol. The third kappa shape index (κ3) is 5.77. The minimum absolute atomic E-state index is 0.141. The van der Waals surface area contributed by atoms with Gasteiger partial charge >= 0.3 is 0 Å². The number of nitrogens with zero attached hydrogens (tertiary/aromatic N) is 1. The Bertz CT molecular complexity index is 406. The molecule has 3 heteroatoms. The van der Waals surface area contributed by atoms with E-state index in [0.717, 1.165) is 26.1 Å². The molecule has 1 rings (SSSR count). The summed E-state index contributed by atoms with van der Waals surface area (Å²) < 4.78 is 5.29. The van der Waals surface area contributed by atoms with Gasteiger partial charge < -0.3 is 10.5 Å². The Morgan fingerprint density at radius 2 is 2.00 bits per heavy atom. The fraction of sp³-hybridized carbons (Fsp3) is 0.667. The van der Waals surface area contributed by atoms with Crippen molar-refractivity contribution >= 4 is 0 Å². The van der Waals surface area contributed by atoms with Crippen molar-refractivity contribution in [1.82, 2.24) is 4.90 Å². The fourth-order valence-electron chi connectivity index (χ4n) is 2.83. The van der Waals surface area contributed by atoms with Crippen LogP contribution in [0, 0.1) is 12.8 Å². The number of rotatable bonds is 9. The van der Waals surface area contributed by atoms with Crippen molar-refractivity contribution in [3.8, 4) is 0 Å². The van der Waals surface area contributed by atoms with Gasteiger partial charge in [-0.05, 0) is 24.8 Å². The zero-order chi connectivity index (χ0) is 15.8. The van der Waals surface area contributed by atoms with Crippen molar-refractivity contribution in [2.45, 2.75) is 46.2 Å². The number of aryl methyl sites for hydroxylation is 1. The second-order valence-electron chi connectivity index (χ2n) is 6.31. The Morgan fingerprint density at radius 3 is 2.52 bits per heavy atom. The minimum Gasteiger partial charge on any atom is -0.383 e. The molecule has 0 aliphatic rings. The average molecular weight is 292 g/mol. The Hall–Kier alpha value is -0.900. The third-order valence-corrected chi connectivity index (χ3v) is 3.84. The van der Waals surface area contributed by atoms with Crippen LogP contribution in [0.3, 0.4) is 0 Å². The van der Waals surface area contributed by atoms with Gasteiger partial charge in [0.25, 0.3) is 0 Å². The molecular formula is C18H32N2O. The predicted octanol–water partition coefficient (Wildman–Crippen LogP) is 3.38. The number of ether oxygens (including phenoxy) is 1. The summed E-state index contributed by atoms with van der Waals surface area (Å²) in [5.41, 5.74) is 9.07. The largest absolute Gasteiger partial charge is 0.383 e. The first-order valence-corrected chi connectivity index (χ1v) is 8.04. The molecule has 0 saturated heterocycles. The van der Waals surface area contributed by atoms with Crippen molar-refractivity contribution in [2.75, 3.05) is 26.8 Å². The third-order valence-electron chi connectivity index (χ3n) is 3.84. The molecule has 2 N–H and O–H groups in total. The highest BCUT2D eigenvalue weighted by atomic mass is 16.5. The molecule has 0 aromatic heterocycles. The van der Waals surface area contributed by atoms with Crippen LogP contribution in [0.5, 0.6) is 0 Å². The summed E-state index contributed by atoms with van der Waals surface area (Å²) in [6.07, 6.45) is 0.972. The molecule has 0 fully saturated rings. The molecule has 0 heterocycles. The van der Waals surface area contributed by atoms with E-state index in [1.54, 1.807) is 7.11 Å². The summed E-state index contributed by atoms with van der Waals surface area (Å²) in [7, 11) is 1.76. The maximum Gasteiger partial charge on any atom is 0.0589 e. The predicted molar refractivity (Wildman–Crippen MR) is 90.5 cm³/mol. The van der Waals surface area contributed by atoms with Crippen LogP contribution in [0.4, 0.5) is 0 Å². The lowest BCUT2D eigenvalue weighted by Crippen LogP contribution is -2.43. The lowest BCUT2D eigenvalue weighted by molar-refractivity contribution is 0.0975. The lowest BCUT2D eigenvalue weighted by Gasteiger charge is -2.36. The highest BCUT2D eigenvalue weighted by molar-refractivity contribution is 5.26. The van der Waals surface area contributed by atoms with Crippen molar-refractivity contribution in [3.63, 3.8) is 0 Å². The molecule has 0 amide bonds. The zero-order valence-electron chi connectivity index (χ0n) is 14.3. The van der Waals surface area contributed by atoms with E-state index in [1.165, 1.54) is 11.1 Å². The molecule has 3 nitrogen and oxygen atoms in total. The number of nitrogens with two attached hydrogens (primary N) is 1. The summed E-state index contributed by atoms with van der Waals surface area (Å²) in [4.78, 5) is 2.48. The zero-order valence-corrected chi connectivity index (χ0v) is 14.3. The lowest BCUT2D eigenvalue weighted by atomic mass is 9.94. The number of methoxy groups -OCH3 is 1. The maximum atomic E-state index is 6.47. The molecule has 0 aliphatic carbocycles. The molecule has 1 aromatic carbocycles. The molecule has 0 aliphatic heterocycles. The van der Waals surface area contributed by atoms with Gasteiger partial charge in [-0.3, -0.25) is 4.90 Å². The smallest absolute Gasteiger partial charge is 0.0589 e. The summed E-state index contributed by atoms with van der Waals surface area (Å²) >= 11 is 0. The Balaban J connectivity index is 3.06. The van der Waals surface area contributed by atoms with Crippen LogP contribution in [0.15, 0.2) is 24.3 Å². The number of hydrogen-bond acceptors (Lipinski definition) is 3. The quantitative estimate of drug-likeness (QED) is 0.758. The van der Waals surface area contributed by atoms with Crippen LogP contribution in [-0.4, -0.2) is 37.7 Å². The monoisotopic (exact) mass is 292 g/mol. The first-order chi connectivity index (χ1) is 9.99. The normalized spacial score (nSPS) is 14.7. The molecule has 0 radical (unpaired) electrons. The molecule has 1 aromatic rings. The first kappa shape index (κ1) is 18.1. The van der Waals surface area contributed by atoms with Gasteiger partial charge in [-0.1, -0.05) is 50.6 Å². The van der Waals surface area contributed by atoms with Crippen LogP contribution in [0.2, 0.25) is 0 Å². The van der Waals surface area contributed by atoms with Crippen LogP contribution in [0.25, 0.3) is 0 Å². The van der Waals surface area contributed by atoms with Crippen LogP contribution < -0.4 is 5.73 Å². The topological polar surface area (TPSA) is 38.5 Å². The van der Waals surface area contributed by atoms with Crippen molar-refractivity contribution in [2.24, 2.45) is 11.7 Å². The van der Waals surface area contributed by atoms with E-state index in [2.05, 4.69) is 56.9 Å². The standard InChI is InChI=1S/C18H32N2O/c1-6-17(19)18(16-9-7-8-15(4)12-16)20(10-11-21-5)13-14(2)3/h7-9,12,14,17-18H,6,10-11,13,19H2,1-5H3. The van der Waals surface area contributed by atoms with Gasteiger partial charge in [0, 0.05) is 32.3 Å². The second kappa shape index (κ2) is 9.19. The molecule has 0 bridgehead atoms. The van der Waals surface area contributed by atoms with Crippen LogP contribution in [-0.2, 0) is 4.74 Å². The number of hydrogen-bond donors (Lipinski definition) is 1. The van der Waals surface area contributed by atoms with Crippen molar-refractivity contribution in [3.05, 3.63) is 35.4 Å². The second-order valence-corrected chi connectivity index (χ2v) is 6.31. The molecule has 120 valence electrons. The summed E-state index contributed by atoms with van der Waals surface area (Å²) in [6.45, 7) is 11.5. The number of benzene rings is 1. The van der Waals surface area contributed by atoms with E-state index < -0.39 is 0 Å². The van der Waals surface area contributed by atoms with E-state index in [0.29, 0.717) is 5.92 Å². The van der Waals surface area contributed by atoms with E-state index in [1.807, 2.05) is 0 Å². The summed E-state index contributed by atoms with van der Waals surface area (Å²) in [6, 6.07) is 9.13. The van der Waals surface area contributed by atoms with Gasteiger partial charge in [0.15, 0.2) is 0 Å². The van der Waals surface area contributed by atoms with Crippen molar-refractivity contribution < 1.29 is 4.74 Å². The molecule has 0 saturated carbocycles. The van der Waals surface area contributed by atoms with Crippen LogP contribution in [0.1, 0.15) is 44.4 Å². The minimum atomic E-state index is 0.141. The average Bonchev–Trinajstić information content (AvgIpc) is 2.44. The van der Waals surface area contributed by atoms with Gasteiger partial charge in [-0.15, -0.1) is 0 Å². The summed E-state index contributed by atoms with van der Waals surface area (Å²) in [5.74, 6) is 0.609. The van der Waals surface area contributed by atoms with E-state index >= 15 is 0 Å². The molecule has 2 unspecified atom stereocenters. The molecule has 2 atom stereocenters. The van der Waals surface area contributed by atoms with Gasteiger partial charge in [-0.25, -0.2) is 0 Å². The van der Waals surface area contributed by atoms with E-state index in [4.69, 9.17) is 10.5 Å². The highest BCUT2D eigenvalue weighted by Gasteiger charge is 2.26. The molecule has 21 heavy (non-hydrogen) atoms. The Morgan fingerprint density at radius 1 is 1.29 bits per heavy atom. The van der Waals surface area contributed by atoms with E-state index in [-0.39, 0.29) is 12.1 Å². The van der Waals surface area contributed by atoms with Gasteiger partial charge in [0.2, 0.25) is 0 Å².